The van der Waals surface area contributed by atoms with Crippen LogP contribution in [0.5, 0.6) is 0 Å². The highest BCUT2D eigenvalue weighted by molar-refractivity contribution is 9.10. The zero-order valence-electron chi connectivity index (χ0n) is 12.0. The Bertz CT molecular complexity index is 604. The second-order valence-electron chi connectivity index (χ2n) is 6.16. The van der Waals surface area contributed by atoms with Gasteiger partial charge in [-0.15, -0.1) is 0 Å². The van der Waals surface area contributed by atoms with Gasteiger partial charge in [-0.3, -0.25) is 0 Å². The van der Waals surface area contributed by atoms with Crippen molar-refractivity contribution in [2.45, 2.75) is 38.3 Å². The second-order valence-corrected chi connectivity index (χ2v) is 7.08. The lowest BCUT2D eigenvalue weighted by atomic mass is 9.74. The number of hydrogen-bond acceptors (Lipinski definition) is 1. The first-order valence-electron chi connectivity index (χ1n) is 7.13. The van der Waals surface area contributed by atoms with Crippen LogP contribution in [0.3, 0.4) is 0 Å². The first kappa shape index (κ1) is 13.8. The number of rotatable bonds is 2. The maximum Gasteiger partial charge on any atom is 0.0213 e. The molecule has 1 nitrogen and oxygen atoms in total. The molecule has 1 unspecified atom stereocenters. The molecule has 2 heteroatoms. The van der Waals surface area contributed by atoms with E-state index in [9.17, 15) is 0 Å². The van der Waals surface area contributed by atoms with Crippen LogP contribution in [0.4, 0.5) is 0 Å². The van der Waals surface area contributed by atoms with Crippen molar-refractivity contribution in [1.82, 2.24) is 5.32 Å². The maximum absolute atomic E-state index is 3.69. The first-order chi connectivity index (χ1) is 9.56. The standard InChI is InChI=1S/C18H20BrN/c1-18(2)17(10-13-6-4-3-5-7-13)16-11-15(19)9-8-14(16)12-20-18/h3-9,11,17,20H,10,12H2,1-2H3. The van der Waals surface area contributed by atoms with E-state index in [0.29, 0.717) is 5.92 Å². The predicted octanol–water partition coefficient (Wildman–Crippen LogP) is 4.66. The number of nitrogens with one attached hydrogen (secondary N) is 1. The van der Waals surface area contributed by atoms with E-state index in [1.807, 2.05) is 0 Å². The van der Waals surface area contributed by atoms with Crippen LogP contribution in [0.2, 0.25) is 0 Å². The van der Waals surface area contributed by atoms with Crippen molar-refractivity contribution in [3.05, 3.63) is 69.7 Å². The molecule has 0 bridgehead atoms. The smallest absolute Gasteiger partial charge is 0.0213 e. The van der Waals surface area contributed by atoms with Gasteiger partial charge in [0.2, 0.25) is 0 Å². The molecular weight excluding hydrogens is 310 g/mol. The normalized spacial score (nSPS) is 20.4. The zero-order chi connectivity index (χ0) is 14.2. The van der Waals surface area contributed by atoms with Gasteiger partial charge in [-0.05, 0) is 49.1 Å². The summed E-state index contributed by atoms with van der Waals surface area (Å²) in [5, 5.41) is 3.69. The summed E-state index contributed by atoms with van der Waals surface area (Å²) < 4.78 is 1.17. The van der Waals surface area contributed by atoms with Crippen LogP contribution in [-0.4, -0.2) is 5.54 Å². The summed E-state index contributed by atoms with van der Waals surface area (Å²) in [6, 6.07) is 17.5. The molecule has 0 aliphatic carbocycles. The molecule has 0 spiro atoms. The fourth-order valence-electron chi connectivity index (χ4n) is 3.10. The minimum atomic E-state index is 0.115. The van der Waals surface area contributed by atoms with Crippen molar-refractivity contribution in [2.75, 3.05) is 0 Å². The van der Waals surface area contributed by atoms with Gasteiger partial charge in [-0.25, -0.2) is 0 Å². The van der Waals surface area contributed by atoms with Crippen molar-refractivity contribution in [2.24, 2.45) is 0 Å². The fourth-order valence-corrected chi connectivity index (χ4v) is 3.48. The molecule has 0 amide bonds. The third-order valence-electron chi connectivity index (χ3n) is 4.37. The van der Waals surface area contributed by atoms with Crippen LogP contribution < -0.4 is 5.32 Å². The lowest BCUT2D eigenvalue weighted by Gasteiger charge is -2.41. The Morgan fingerprint density at radius 3 is 2.65 bits per heavy atom. The maximum atomic E-state index is 3.69. The molecule has 0 saturated heterocycles. The van der Waals surface area contributed by atoms with E-state index < -0.39 is 0 Å². The van der Waals surface area contributed by atoms with Crippen LogP contribution in [0.25, 0.3) is 0 Å². The van der Waals surface area contributed by atoms with Crippen LogP contribution in [0, 0.1) is 0 Å². The summed E-state index contributed by atoms with van der Waals surface area (Å²) in [5.41, 5.74) is 4.42. The molecule has 0 aromatic heterocycles. The molecule has 2 aromatic carbocycles. The van der Waals surface area contributed by atoms with E-state index in [2.05, 4.69) is 83.6 Å². The van der Waals surface area contributed by atoms with Crippen LogP contribution in [0.1, 0.15) is 36.5 Å². The predicted molar refractivity (Wildman–Crippen MR) is 87.9 cm³/mol. The van der Waals surface area contributed by atoms with Crippen molar-refractivity contribution in [3.8, 4) is 0 Å². The highest BCUT2D eigenvalue weighted by atomic mass is 79.9. The topological polar surface area (TPSA) is 12.0 Å². The molecule has 1 heterocycles. The highest BCUT2D eigenvalue weighted by Crippen LogP contribution is 2.38. The third-order valence-corrected chi connectivity index (χ3v) is 4.86. The lowest BCUT2D eigenvalue weighted by molar-refractivity contribution is 0.292. The summed E-state index contributed by atoms with van der Waals surface area (Å²) in [6.45, 7) is 5.58. The molecule has 2 aromatic rings. The van der Waals surface area contributed by atoms with Gasteiger partial charge in [0.15, 0.2) is 0 Å². The molecule has 0 saturated carbocycles. The Labute approximate surface area is 129 Å². The molecule has 1 atom stereocenters. The van der Waals surface area contributed by atoms with Crippen LogP contribution >= 0.6 is 15.9 Å². The summed E-state index contributed by atoms with van der Waals surface area (Å²) in [7, 11) is 0. The minimum Gasteiger partial charge on any atom is -0.307 e. The van der Waals surface area contributed by atoms with Crippen molar-refractivity contribution < 1.29 is 0 Å². The van der Waals surface area contributed by atoms with Crippen molar-refractivity contribution in [1.29, 1.82) is 0 Å². The first-order valence-corrected chi connectivity index (χ1v) is 7.93. The molecule has 3 rings (SSSR count). The monoisotopic (exact) mass is 329 g/mol. The van der Waals surface area contributed by atoms with E-state index in [-0.39, 0.29) is 5.54 Å². The molecule has 1 N–H and O–H groups in total. The number of fused-ring (bicyclic) bond motifs is 1. The fraction of sp³-hybridized carbons (Fsp3) is 0.333. The Morgan fingerprint density at radius 1 is 1.15 bits per heavy atom. The van der Waals surface area contributed by atoms with Gasteiger partial charge < -0.3 is 5.32 Å². The molecule has 0 fully saturated rings. The SMILES string of the molecule is CC1(C)NCc2ccc(Br)cc2C1Cc1ccccc1. The van der Waals surface area contributed by atoms with Crippen molar-refractivity contribution >= 4 is 15.9 Å². The lowest BCUT2D eigenvalue weighted by Crippen LogP contribution is -2.48. The van der Waals surface area contributed by atoms with E-state index in [0.717, 1.165) is 13.0 Å². The number of hydrogen-bond donors (Lipinski definition) is 1. The summed E-state index contributed by atoms with van der Waals surface area (Å²) in [6.07, 6.45) is 1.07. The van der Waals surface area contributed by atoms with E-state index in [1.54, 1.807) is 0 Å². The Hall–Kier alpha value is -1.12. The van der Waals surface area contributed by atoms with Gasteiger partial charge in [0.1, 0.15) is 0 Å². The number of halogens is 1. The average Bonchev–Trinajstić information content (AvgIpc) is 2.43. The molecule has 1 aliphatic rings. The summed E-state index contributed by atoms with van der Waals surface area (Å²) in [5.74, 6) is 0.492. The van der Waals surface area contributed by atoms with Gasteiger partial charge in [0, 0.05) is 22.5 Å². The van der Waals surface area contributed by atoms with Gasteiger partial charge in [-0.2, -0.15) is 0 Å². The van der Waals surface area contributed by atoms with Crippen molar-refractivity contribution in [3.63, 3.8) is 0 Å². The molecule has 1 aliphatic heterocycles. The van der Waals surface area contributed by atoms with Crippen LogP contribution in [-0.2, 0) is 13.0 Å². The van der Waals surface area contributed by atoms with Crippen LogP contribution in [0.15, 0.2) is 53.0 Å². The second kappa shape index (κ2) is 5.34. The van der Waals surface area contributed by atoms with Gasteiger partial charge in [-0.1, -0.05) is 52.3 Å². The molecule has 20 heavy (non-hydrogen) atoms. The molecule has 0 radical (unpaired) electrons. The average molecular weight is 330 g/mol. The largest absolute Gasteiger partial charge is 0.307 e. The summed E-state index contributed by atoms with van der Waals surface area (Å²) in [4.78, 5) is 0. The highest BCUT2D eigenvalue weighted by Gasteiger charge is 2.35. The van der Waals surface area contributed by atoms with E-state index in [1.165, 1.54) is 21.2 Å². The third kappa shape index (κ3) is 2.68. The Morgan fingerprint density at radius 2 is 1.90 bits per heavy atom. The van der Waals surface area contributed by atoms with E-state index in [4.69, 9.17) is 0 Å². The van der Waals surface area contributed by atoms with Gasteiger partial charge in [0.05, 0.1) is 0 Å². The van der Waals surface area contributed by atoms with Gasteiger partial charge in [0.25, 0.3) is 0 Å². The Kier molecular flexibility index (Phi) is 3.70. The quantitative estimate of drug-likeness (QED) is 0.845. The summed E-state index contributed by atoms with van der Waals surface area (Å²) >= 11 is 3.62. The minimum absolute atomic E-state index is 0.115. The van der Waals surface area contributed by atoms with Gasteiger partial charge >= 0.3 is 0 Å². The molecular formula is C18H20BrN. The molecule has 104 valence electrons. The number of benzene rings is 2. The van der Waals surface area contributed by atoms with E-state index >= 15 is 0 Å². The zero-order valence-corrected chi connectivity index (χ0v) is 13.6. The Balaban J connectivity index is 2.01.